The zero-order valence-corrected chi connectivity index (χ0v) is 13.0. The van der Waals surface area contributed by atoms with E-state index in [-0.39, 0.29) is 0 Å². The molecule has 0 amide bonds. The second-order valence-electron chi connectivity index (χ2n) is 4.27. The van der Waals surface area contributed by atoms with Gasteiger partial charge in [0, 0.05) is 9.80 Å². The minimum atomic E-state index is 0.756. The first-order valence-corrected chi connectivity index (χ1v) is 7.52. The highest BCUT2D eigenvalue weighted by Crippen LogP contribution is 2.24. The molecule has 3 heteroatoms. The Kier molecular flexibility index (Phi) is 6.44. The molecule has 0 saturated carbocycles. The lowest BCUT2D eigenvalue weighted by atomic mass is 10.1. The molecule has 1 aromatic carbocycles. The van der Waals surface area contributed by atoms with Crippen molar-refractivity contribution >= 4 is 31.9 Å². The average molecular weight is 350 g/mol. The Balaban J connectivity index is 2.42. The highest BCUT2D eigenvalue weighted by molar-refractivity contribution is 9.10. The summed E-state index contributed by atoms with van der Waals surface area (Å²) >= 11 is 6.96. The molecule has 0 heterocycles. The van der Waals surface area contributed by atoms with Crippen LogP contribution in [0.15, 0.2) is 22.7 Å². The van der Waals surface area contributed by atoms with Crippen molar-refractivity contribution in [3.8, 4) is 5.75 Å². The monoisotopic (exact) mass is 348 g/mol. The fourth-order valence-electron chi connectivity index (χ4n) is 1.42. The highest BCUT2D eigenvalue weighted by atomic mass is 79.9. The Morgan fingerprint density at radius 2 is 2.06 bits per heavy atom. The molecule has 1 nitrogen and oxygen atoms in total. The summed E-state index contributed by atoms with van der Waals surface area (Å²) in [5.74, 6) is 1.72. The molecule has 0 aliphatic heterocycles. The van der Waals surface area contributed by atoms with Gasteiger partial charge in [0.25, 0.3) is 0 Å². The first-order valence-electron chi connectivity index (χ1n) is 5.60. The molecule has 0 saturated heterocycles. The zero-order chi connectivity index (χ0) is 12.0. The number of hydrogen-bond donors (Lipinski definition) is 0. The van der Waals surface area contributed by atoms with E-state index in [0.717, 1.165) is 34.5 Å². The van der Waals surface area contributed by atoms with Crippen LogP contribution in [0.25, 0.3) is 0 Å². The molecule has 0 bridgehead atoms. The van der Waals surface area contributed by atoms with Crippen molar-refractivity contribution in [3.05, 3.63) is 28.2 Å². The third kappa shape index (κ3) is 4.88. The fourth-order valence-corrected chi connectivity index (χ4v) is 2.65. The number of alkyl halides is 1. The normalized spacial score (nSPS) is 10.8. The van der Waals surface area contributed by atoms with Gasteiger partial charge in [-0.15, -0.1) is 0 Å². The molecule has 0 spiro atoms. The van der Waals surface area contributed by atoms with Crippen molar-refractivity contribution < 1.29 is 4.74 Å². The van der Waals surface area contributed by atoms with Gasteiger partial charge in [0.15, 0.2) is 0 Å². The lowest BCUT2D eigenvalue weighted by Gasteiger charge is -2.09. The van der Waals surface area contributed by atoms with Gasteiger partial charge in [-0.25, -0.2) is 0 Å². The standard InChI is InChI=1S/C13H18Br2O/c1-10(2)4-3-7-16-12-5-6-13(15)11(8-12)9-14/h5-6,8,10H,3-4,7,9H2,1-2H3. The van der Waals surface area contributed by atoms with Crippen LogP contribution in [0, 0.1) is 5.92 Å². The van der Waals surface area contributed by atoms with Gasteiger partial charge in [0.1, 0.15) is 5.75 Å². The van der Waals surface area contributed by atoms with Crippen LogP contribution in [0.4, 0.5) is 0 Å². The van der Waals surface area contributed by atoms with E-state index in [1.807, 2.05) is 12.1 Å². The van der Waals surface area contributed by atoms with Crippen molar-refractivity contribution in [1.29, 1.82) is 0 Å². The summed E-state index contributed by atoms with van der Waals surface area (Å²) in [6.45, 7) is 5.28. The molecule has 0 radical (unpaired) electrons. The lowest BCUT2D eigenvalue weighted by Crippen LogP contribution is -2.00. The SMILES string of the molecule is CC(C)CCCOc1ccc(Br)c(CBr)c1. The maximum Gasteiger partial charge on any atom is 0.119 e. The molecule has 0 aliphatic carbocycles. The van der Waals surface area contributed by atoms with Crippen molar-refractivity contribution in [2.24, 2.45) is 5.92 Å². The molecule has 0 aliphatic rings. The predicted octanol–water partition coefficient (Wildman–Crippen LogP) is 5.16. The Bertz CT molecular complexity index is 324. The second kappa shape index (κ2) is 7.33. The molecular formula is C13H18Br2O. The van der Waals surface area contributed by atoms with Crippen LogP contribution in [-0.2, 0) is 5.33 Å². The number of ether oxygens (including phenoxy) is 1. The molecule has 0 N–H and O–H groups in total. The van der Waals surface area contributed by atoms with Crippen LogP contribution in [0.5, 0.6) is 5.75 Å². The Morgan fingerprint density at radius 3 is 2.69 bits per heavy atom. The Morgan fingerprint density at radius 1 is 1.31 bits per heavy atom. The van der Waals surface area contributed by atoms with Gasteiger partial charge in [0.05, 0.1) is 6.61 Å². The molecule has 0 aromatic heterocycles. The summed E-state index contributed by atoms with van der Waals surface area (Å²) in [6, 6.07) is 6.12. The number of halogens is 2. The van der Waals surface area contributed by atoms with Gasteiger partial charge in [-0.2, -0.15) is 0 Å². The van der Waals surface area contributed by atoms with E-state index in [4.69, 9.17) is 4.74 Å². The van der Waals surface area contributed by atoms with Gasteiger partial charge in [-0.3, -0.25) is 0 Å². The van der Waals surface area contributed by atoms with Gasteiger partial charge in [-0.05, 0) is 42.5 Å². The summed E-state index contributed by atoms with van der Waals surface area (Å²) in [6.07, 6.45) is 2.35. The molecular weight excluding hydrogens is 332 g/mol. The summed E-state index contributed by atoms with van der Waals surface area (Å²) in [5.41, 5.74) is 1.22. The van der Waals surface area contributed by atoms with E-state index in [0.29, 0.717) is 0 Å². The van der Waals surface area contributed by atoms with Gasteiger partial charge < -0.3 is 4.74 Å². The smallest absolute Gasteiger partial charge is 0.119 e. The zero-order valence-electron chi connectivity index (χ0n) is 9.80. The number of hydrogen-bond acceptors (Lipinski definition) is 1. The molecule has 0 fully saturated rings. The van der Waals surface area contributed by atoms with E-state index in [2.05, 4.69) is 51.8 Å². The summed E-state index contributed by atoms with van der Waals surface area (Å²) in [4.78, 5) is 0. The second-order valence-corrected chi connectivity index (χ2v) is 5.69. The largest absolute Gasteiger partial charge is 0.494 e. The topological polar surface area (TPSA) is 9.23 Å². The van der Waals surface area contributed by atoms with Crippen LogP contribution < -0.4 is 4.74 Å². The molecule has 16 heavy (non-hydrogen) atoms. The predicted molar refractivity (Wildman–Crippen MR) is 76.3 cm³/mol. The van der Waals surface area contributed by atoms with Crippen molar-refractivity contribution in [2.75, 3.05) is 6.61 Å². The van der Waals surface area contributed by atoms with Gasteiger partial charge in [0.2, 0.25) is 0 Å². The van der Waals surface area contributed by atoms with Crippen LogP contribution in [0.2, 0.25) is 0 Å². The minimum Gasteiger partial charge on any atom is -0.494 e. The fraction of sp³-hybridized carbons (Fsp3) is 0.538. The maximum absolute atomic E-state index is 5.71. The van der Waals surface area contributed by atoms with E-state index in [9.17, 15) is 0 Å². The van der Waals surface area contributed by atoms with E-state index >= 15 is 0 Å². The third-order valence-corrected chi connectivity index (χ3v) is 3.73. The van der Waals surface area contributed by atoms with Crippen molar-refractivity contribution in [3.63, 3.8) is 0 Å². The molecule has 0 unspecified atom stereocenters. The Labute approximate surface area is 115 Å². The third-order valence-electron chi connectivity index (χ3n) is 2.36. The lowest BCUT2D eigenvalue weighted by molar-refractivity contribution is 0.297. The summed E-state index contributed by atoms with van der Waals surface area (Å²) < 4.78 is 6.84. The van der Waals surface area contributed by atoms with E-state index < -0.39 is 0 Å². The van der Waals surface area contributed by atoms with Crippen molar-refractivity contribution in [2.45, 2.75) is 32.0 Å². The van der Waals surface area contributed by atoms with E-state index in [1.165, 1.54) is 12.0 Å². The first-order chi connectivity index (χ1) is 7.63. The van der Waals surface area contributed by atoms with Crippen LogP contribution in [-0.4, -0.2) is 6.61 Å². The van der Waals surface area contributed by atoms with Gasteiger partial charge in [-0.1, -0.05) is 45.7 Å². The number of rotatable bonds is 6. The molecule has 0 atom stereocenters. The minimum absolute atomic E-state index is 0.756. The molecule has 90 valence electrons. The van der Waals surface area contributed by atoms with Gasteiger partial charge >= 0.3 is 0 Å². The quantitative estimate of drug-likeness (QED) is 0.509. The van der Waals surface area contributed by atoms with Crippen LogP contribution >= 0.6 is 31.9 Å². The first kappa shape index (κ1) is 14.0. The van der Waals surface area contributed by atoms with E-state index in [1.54, 1.807) is 0 Å². The Hall–Kier alpha value is -0.0200. The summed E-state index contributed by atoms with van der Waals surface area (Å²) in [7, 11) is 0. The molecule has 1 rings (SSSR count). The van der Waals surface area contributed by atoms with Crippen LogP contribution in [0.1, 0.15) is 32.3 Å². The highest BCUT2D eigenvalue weighted by Gasteiger charge is 2.01. The summed E-state index contributed by atoms with van der Waals surface area (Å²) in [5, 5.41) is 0.844. The molecule has 1 aromatic rings. The van der Waals surface area contributed by atoms with Crippen molar-refractivity contribution in [1.82, 2.24) is 0 Å². The number of benzene rings is 1. The van der Waals surface area contributed by atoms with Crippen LogP contribution in [0.3, 0.4) is 0 Å². The average Bonchev–Trinajstić information content (AvgIpc) is 2.26. The maximum atomic E-state index is 5.71.